The maximum atomic E-state index is 6.23. The van der Waals surface area contributed by atoms with Crippen LogP contribution in [0.5, 0.6) is 0 Å². The van der Waals surface area contributed by atoms with Gasteiger partial charge in [-0.3, -0.25) is 0 Å². The van der Waals surface area contributed by atoms with Gasteiger partial charge in [-0.2, -0.15) is 0 Å². The lowest BCUT2D eigenvalue weighted by atomic mass is 10.1. The van der Waals surface area contributed by atoms with Crippen molar-refractivity contribution in [2.24, 2.45) is 0 Å². The van der Waals surface area contributed by atoms with Crippen LogP contribution >= 0.6 is 0 Å². The number of benzene rings is 1. The van der Waals surface area contributed by atoms with Gasteiger partial charge in [0.2, 0.25) is 0 Å². The lowest BCUT2D eigenvalue weighted by Crippen LogP contribution is -2.29. The molecule has 2 heteroatoms. The highest BCUT2D eigenvalue weighted by Crippen LogP contribution is 2.26. The van der Waals surface area contributed by atoms with E-state index in [9.17, 15) is 0 Å². The minimum atomic E-state index is -1.14. The number of hydrogen-bond donors (Lipinski definition) is 0. The Morgan fingerprint density at radius 2 is 1.71 bits per heavy atom. The third-order valence-corrected chi connectivity index (χ3v) is 10.3. The van der Waals surface area contributed by atoms with Crippen molar-refractivity contribution in [3.63, 3.8) is 0 Å². The molecule has 21 heavy (non-hydrogen) atoms. The fourth-order valence-electron chi connectivity index (χ4n) is 3.32. The minimum absolute atomic E-state index is 0.357. The van der Waals surface area contributed by atoms with Crippen LogP contribution in [0.2, 0.25) is 18.1 Å². The van der Waals surface area contributed by atoms with E-state index in [1.165, 1.54) is 36.5 Å². The summed E-state index contributed by atoms with van der Waals surface area (Å²) in [4.78, 5) is 0. The van der Waals surface area contributed by atoms with E-state index in [0.717, 1.165) is 6.42 Å². The Kier molecular flexibility index (Phi) is 6.25. The monoisotopic (exact) mass is 302 g/mol. The van der Waals surface area contributed by atoms with Gasteiger partial charge in [-0.05, 0) is 24.8 Å². The first kappa shape index (κ1) is 16.5. The second kappa shape index (κ2) is 7.95. The van der Waals surface area contributed by atoms with Gasteiger partial charge in [-0.1, -0.05) is 81.0 Å². The Morgan fingerprint density at radius 3 is 2.33 bits per heavy atom. The summed E-state index contributed by atoms with van der Waals surface area (Å²) < 4.78 is 6.23. The fraction of sp³-hybridized carbons (Fsp3) is 0.579. The van der Waals surface area contributed by atoms with E-state index in [-0.39, 0.29) is 0 Å². The first-order valence-corrected chi connectivity index (χ1v) is 11.3. The Labute approximate surface area is 131 Å². The van der Waals surface area contributed by atoms with Gasteiger partial charge in [0.15, 0.2) is 0 Å². The molecule has 0 aliphatic carbocycles. The standard InChI is InChI=1S/C19H30OSi/c1-4-21(5-2,6-3)15-14-18-12-13-19(20-18)16-17-10-8-7-9-11-17/h7-11,14-15,18-19H,4-6,12-13,16H2,1-3H3/b15-14+. The molecular formula is C19H30OSi. The second-order valence-electron chi connectivity index (χ2n) is 6.35. The normalized spacial score (nSPS) is 23.0. The van der Waals surface area contributed by atoms with Gasteiger partial charge in [0.1, 0.15) is 0 Å². The molecule has 1 fully saturated rings. The summed E-state index contributed by atoms with van der Waals surface area (Å²) in [5.74, 6) is 0. The Morgan fingerprint density at radius 1 is 1.05 bits per heavy atom. The van der Waals surface area contributed by atoms with Gasteiger partial charge in [0.25, 0.3) is 0 Å². The zero-order valence-electron chi connectivity index (χ0n) is 13.8. The van der Waals surface area contributed by atoms with Crippen LogP contribution in [0, 0.1) is 0 Å². The van der Waals surface area contributed by atoms with Crippen LogP contribution in [0.4, 0.5) is 0 Å². The van der Waals surface area contributed by atoms with Crippen LogP contribution in [-0.4, -0.2) is 20.3 Å². The van der Waals surface area contributed by atoms with Crippen molar-refractivity contribution in [1.29, 1.82) is 0 Å². The summed E-state index contributed by atoms with van der Waals surface area (Å²) in [6.07, 6.45) is 6.60. The molecule has 0 amide bonds. The van der Waals surface area contributed by atoms with E-state index in [1.807, 2.05) is 0 Å². The third-order valence-electron chi connectivity index (χ3n) is 5.22. The molecule has 0 radical (unpaired) electrons. The van der Waals surface area contributed by atoms with Crippen LogP contribution in [0.25, 0.3) is 0 Å². The van der Waals surface area contributed by atoms with Crippen LogP contribution in [-0.2, 0) is 11.2 Å². The molecule has 1 aliphatic heterocycles. The van der Waals surface area contributed by atoms with E-state index in [4.69, 9.17) is 4.74 Å². The maximum Gasteiger partial charge on any atom is 0.0767 e. The lowest BCUT2D eigenvalue weighted by Gasteiger charge is -2.24. The van der Waals surface area contributed by atoms with Crippen molar-refractivity contribution < 1.29 is 4.74 Å². The Bertz CT molecular complexity index is 428. The number of rotatable bonds is 7. The van der Waals surface area contributed by atoms with E-state index >= 15 is 0 Å². The molecule has 0 aromatic heterocycles. The zero-order chi connectivity index (χ0) is 15.1. The molecule has 116 valence electrons. The van der Waals surface area contributed by atoms with Gasteiger partial charge in [-0.15, -0.1) is 0 Å². The summed E-state index contributed by atoms with van der Waals surface area (Å²) in [5.41, 5.74) is 3.97. The third kappa shape index (κ3) is 4.55. The summed E-state index contributed by atoms with van der Waals surface area (Å²) in [6.45, 7) is 7.08. The van der Waals surface area contributed by atoms with Gasteiger partial charge < -0.3 is 4.74 Å². The minimum Gasteiger partial charge on any atom is -0.371 e. The lowest BCUT2D eigenvalue weighted by molar-refractivity contribution is 0.0716. The zero-order valence-corrected chi connectivity index (χ0v) is 14.8. The maximum absolute atomic E-state index is 6.23. The molecule has 1 nitrogen and oxygen atoms in total. The van der Waals surface area contributed by atoms with Crippen molar-refractivity contribution >= 4 is 8.07 Å². The summed E-state index contributed by atoms with van der Waals surface area (Å²) in [6, 6.07) is 14.8. The first-order chi connectivity index (χ1) is 10.2. The van der Waals surface area contributed by atoms with Crippen molar-refractivity contribution in [3.8, 4) is 0 Å². The topological polar surface area (TPSA) is 9.23 Å². The molecule has 1 aromatic carbocycles. The molecule has 0 spiro atoms. The molecule has 1 saturated heterocycles. The van der Waals surface area contributed by atoms with Gasteiger partial charge in [-0.25, -0.2) is 0 Å². The highest BCUT2D eigenvalue weighted by Gasteiger charge is 2.26. The van der Waals surface area contributed by atoms with Crippen molar-refractivity contribution in [2.45, 2.75) is 70.4 Å². The highest BCUT2D eigenvalue weighted by molar-refractivity contribution is 6.84. The van der Waals surface area contributed by atoms with Gasteiger partial charge >= 0.3 is 0 Å². The molecule has 0 bridgehead atoms. The molecule has 1 heterocycles. The van der Waals surface area contributed by atoms with Crippen molar-refractivity contribution in [2.75, 3.05) is 0 Å². The summed E-state index contributed by atoms with van der Waals surface area (Å²) in [7, 11) is -1.14. The van der Waals surface area contributed by atoms with Crippen LogP contribution in [0.3, 0.4) is 0 Å². The summed E-state index contributed by atoms with van der Waals surface area (Å²) >= 11 is 0. The van der Waals surface area contributed by atoms with E-state index in [2.05, 4.69) is 62.9 Å². The van der Waals surface area contributed by atoms with Gasteiger partial charge in [0.05, 0.1) is 20.3 Å². The highest BCUT2D eigenvalue weighted by atomic mass is 28.3. The average molecular weight is 303 g/mol. The number of hydrogen-bond acceptors (Lipinski definition) is 1. The second-order valence-corrected chi connectivity index (χ2v) is 11.5. The Balaban J connectivity index is 1.87. The summed E-state index contributed by atoms with van der Waals surface area (Å²) in [5, 5.41) is 0. The van der Waals surface area contributed by atoms with Crippen LogP contribution < -0.4 is 0 Å². The van der Waals surface area contributed by atoms with Crippen molar-refractivity contribution in [3.05, 3.63) is 47.7 Å². The van der Waals surface area contributed by atoms with Crippen molar-refractivity contribution in [1.82, 2.24) is 0 Å². The van der Waals surface area contributed by atoms with Crippen LogP contribution in [0.1, 0.15) is 39.2 Å². The molecule has 2 unspecified atom stereocenters. The largest absolute Gasteiger partial charge is 0.371 e. The van der Waals surface area contributed by atoms with E-state index in [0.29, 0.717) is 12.2 Å². The first-order valence-electron chi connectivity index (χ1n) is 8.60. The van der Waals surface area contributed by atoms with Crippen LogP contribution in [0.15, 0.2) is 42.1 Å². The predicted octanol–water partition coefficient (Wildman–Crippen LogP) is 5.38. The van der Waals surface area contributed by atoms with E-state index in [1.54, 1.807) is 0 Å². The molecular weight excluding hydrogens is 272 g/mol. The number of ether oxygens (including phenoxy) is 1. The molecule has 2 rings (SSSR count). The predicted molar refractivity (Wildman–Crippen MR) is 94.4 cm³/mol. The fourth-order valence-corrected chi connectivity index (χ4v) is 6.15. The SMILES string of the molecule is CC[Si](/C=C/C1CCC(Cc2ccccc2)O1)(CC)CC. The quantitative estimate of drug-likeness (QED) is 0.614. The van der Waals surface area contributed by atoms with Gasteiger partial charge in [0, 0.05) is 0 Å². The molecule has 1 aromatic rings. The molecule has 0 saturated carbocycles. The molecule has 2 atom stereocenters. The average Bonchev–Trinajstić information content (AvgIpc) is 2.98. The molecule has 1 aliphatic rings. The van der Waals surface area contributed by atoms with E-state index < -0.39 is 8.07 Å². The molecule has 0 N–H and O–H groups in total. The Hall–Kier alpha value is -0.863. The smallest absolute Gasteiger partial charge is 0.0767 e.